The molecule has 26 heavy (non-hydrogen) atoms. The summed E-state index contributed by atoms with van der Waals surface area (Å²) < 4.78 is 28.0. The van der Waals surface area contributed by atoms with Crippen LogP contribution in [0.15, 0.2) is 55.5 Å². The number of piperidine rings is 1. The van der Waals surface area contributed by atoms with E-state index in [0.29, 0.717) is 35.9 Å². The highest BCUT2D eigenvalue weighted by molar-refractivity contribution is 9.10. The maximum atomic E-state index is 12.6. The third-order valence-corrected chi connectivity index (χ3v) is 8.44. The number of carbonyl (C=O) groups is 1. The van der Waals surface area contributed by atoms with Gasteiger partial charge in [0.15, 0.2) is 0 Å². The minimum absolute atomic E-state index is 0.207. The van der Waals surface area contributed by atoms with Crippen molar-refractivity contribution in [3.05, 3.63) is 51.8 Å². The zero-order valence-corrected chi connectivity index (χ0v) is 16.9. The van der Waals surface area contributed by atoms with Crippen LogP contribution in [0.4, 0.5) is 0 Å². The molecule has 2 aliphatic heterocycles. The average Bonchev–Trinajstić information content (AvgIpc) is 3.25. The molecule has 0 bridgehead atoms. The summed E-state index contributed by atoms with van der Waals surface area (Å²) >= 11 is 4.59. The van der Waals surface area contributed by atoms with Gasteiger partial charge in [0, 0.05) is 36.0 Å². The molecule has 6 nitrogen and oxygen atoms in total. The number of benzene rings is 1. The van der Waals surface area contributed by atoms with Gasteiger partial charge in [0.25, 0.3) is 15.9 Å². The van der Waals surface area contributed by atoms with E-state index in [-0.39, 0.29) is 5.91 Å². The maximum absolute atomic E-state index is 12.6. The van der Waals surface area contributed by atoms with Gasteiger partial charge >= 0.3 is 0 Å². The Morgan fingerprint density at radius 3 is 2.46 bits per heavy atom. The van der Waals surface area contributed by atoms with Crippen molar-refractivity contribution in [2.45, 2.75) is 22.7 Å². The lowest BCUT2D eigenvalue weighted by molar-refractivity contribution is -0.115. The van der Waals surface area contributed by atoms with E-state index in [0.717, 1.165) is 10.0 Å². The SMILES string of the molecule is O=C1NC2(CCN(S(=O)(=O)c3cccs3)CC2)N=C1c1ccc(Br)cc1. The smallest absolute Gasteiger partial charge is 0.272 e. The standard InChI is InChI=1S/C17H16BrN3O3S2/c18-13-5-3-12(4-6-13)15-16(22)20-17(19-15)7-9-21(10-8-17)26(23,24)14-2-1-11-25-14/h1-6,11H,7-10H2,(H,20,22). The summed E-state index contributed by atoms with van der Waals surface area (Å²) in [4.78, 5) is 17.1. The molecule has 1 saturated heterocycles. The molecule has 1 N–H and O–H groups in total. The van der Waals surface area contributed by atoms with Gasteiger partial charge in [-0.1, -0.05) is 34.1 Å². The number of amides is 1. The van der Waals surface area contributed by atoms with Crippen LogP contribution in [-0.4, -0.2) is 43.1 Å². The maximum Gasteiger partial charge on any atom is 0.272 e. The van der Waals surface area contributed by atoms with E-state index < -0.39 is 15.7 Å². The predicted octanol–water partition coefficient (Wildman–Crippen LogP) is 2.61. The quantitative estimate of drug-likeness (QED) is 0.775. The molecule has 2 aromatic rings. The fourth-order valence-electron chi connectivity index (χ4n) is 3.24. The van der Waals surface area contributed by atoms with E-state index in [4.69, 9.17) is 0 Å². The average molecular weight is 454 g/mol. The highest BCUT2D eigenvalue weighted by atomic mass is 79.9. The number of sulfonamides is 1. The number of nitrogens with one attached hydrogen (secondary N) is 1. The summed E-state index contributed by atoms with van der Waals surface area (Å²) in [5.74, 6) is -0.207. The lowest BCUT2D eigenvalue weighted by Gasteiger charge is -2.36. The first-order chi connectivity index (χ1) is 12.4. The molecule has 1 fully saturated rings. The number of hydrogen-bond donors (Lipinski definition) is 1. The number of rotatable bonds is 3. The number of halogens is 1. The Hall–Kier alpha value is -1.55. The molecule has 1 aromatic heterocycles. The fraction of sp³-hybridized carbons (Fsp3) is 0.294. The van der Waals surface area contributed by atoms with Crippen LogP contribution in [0.25, 0.3) is 0 Å². The van der Waals surface area contributed by atoms with E-state index in [9.17, 15) is 13.2 Å². The minimum atomic E-state index is -3.46. The van der Waals surface area contributed by atoms with Gasteiger partial charge in [-0.3, -0.25) is 9.79 Å². The summed E-state index contributed by atoms with van der Waals surface area (Å²) in [6, 6.07) is 10.8. The first-order valence-electron chi connectivity index (χ1n) is 8.12. The van der Waals surface area contributed by atoms with Crippen molar-refractivity contribution in [2.75, 3.05) is 13.1 Å². The Bertz CT molecular complexity index is 961. The van der Waals surface area contributed by atoms with Crippen LogP contribution in [0, 0.1) is 0 Å². The molecule has 0 unspecified atom stereocenters. The summed E-state index contributed by atoms with van der Waals surface area (Å²) in [6.07, 6.45) is 0.923. The Kier molecular flexibility index (Phi) is 4.50. The second-order valence-corrected chi connectivity index (χ2v) is 10.3. The molecule has 1 aromatic carbocycles. The summed E-state index contributed by atoms with van der Waals surface area (Å²) in [5, 5.41) is 4.72. The van der Waals surface area contributed by atoms with Crippen LogP contribution in [0.1, 0.15) is 18.4 Å². The van der Waals surface area contributed by atoms with Crippen LogP contribution in [0.5, 0.6) is 0 Å². The van der Waals surface area contributed by atoms with Gasteiger partial charge in [0.1, 0.15) is 15.6 Å². The fourth-order valence-corrected chi connectivity index (χ4v) is 6.09. The molecule has 0 saturated carbocycles. The summed E-state index contributed by atoms with van der Waals surface area (Å²) in [7, 11) is -3.46. The normalized spacial score (nSPS) is 20.2. The molecule has 0 atom stereocenters. The van der Waals surface area contributed by atoms with Gasteiger partial charge in [0.2, 0.25) is 0 Å². The number of hydrogen-bond acceptors (Lipinski definition) is 5. The van der Waals surface area contributed by atoms with Crippen LogP contribution in [-0.2, 0) is 14.8 Å². The Labute approximate surface area is 164 Å². The van der Waals surface area contributed by atoms with Crippen LogP contribution in [0.3, 0.4) is 0 Å². The van der Waals surface area contributed by atoms with Crippen LogP contribution in [0.2, 0.25) is 0 Å². The Morgan fingerprint density at radius 1 is 1.15 bits per heavy atom. The van der Waals surface area contributed by atoms with E-state index >= 15 is 0 Å². The lowest BCUT2D eigenvalue weighted by atomic mass is 10.00. The molecule has 4 rings (SSSR count). The van der Waals surface area contributed by atoms with Crippen molar-refractivity contribution < 1.29 is 13.2 Å². The molecular formula is C17H16BrN3O3S2. The van der Waals surface area contributed by atoms with Crippen molar-refractivity contribution in [3.8, 4) is 0 Å². The highest BCUT2D eigenvalue weighted by Crippen LogP contribution is 2.32. The van der Waals surface area contributed by atoms with Crippen molar-refractivity contribution in [2.24, 2.45) is 4.99 Å². The van der Waals surface area contributed by atoms with E-state index in [2.05, 4.69) is 26.2 Å². The van der Waals surface area contributed by atoms with E-state index in [1.807, 2.05) is 24.3 Å². The monoisotopic (exact) mass is 453 g/mol. The highest BCUT2D eigenvalue weighted by Gasteiger charge is 2.44. The second kappa shape index (κ2) is 6.56. The molecule has 3 heterocycles. The number of aliphatic imine (C=N–C) groups is 1. The molecule has 0 radical (unpaired) electrons. The van der Waals surface area contributed by atoms with Gasteiger partial charge in [-0.25, -0.2) is 8.42 Å². The third kappa shape index (κ3) is 3.13. The number of nitrogens with zero attached hydrogens (tertiary/aromatic N) is 2. The van der Waals surface area contributed by atoms with Crippen molar-refractivity contribution in [1.82, 2.24) is 9.62 Å². The first kappa shape index (κ1) is 17.8. The van der Waals surface area contributed by atoms with Crippen molar-refractivity contribution in [3.63, 3.8) is 0 Å². The minimum Gasteiger partial charge on any atom is -0.326 e. The zero-order valence-electron chi connectivity index (χ0n) is 13.7. The van der Waals surface area contributed by atoms with Crippen LogP contribution >= 0.6 is 27.3 Å². The van der Waals surface area contributed by atoms with E-state index in [1.54, 1.807) is 17.5 Å². The Balaban J connectivity index is 1.54. The summed E-state index contributed by atoms with van der Waals surface area (Å²) in [5.41, 5.74) is 0.462. The molecule has 0 aliphatic carbocycles. The molecule has 1 amide bonds. The zero-order chi connectivity index (χ0) is 18.4. The molecule has 9 heteroatoms. The van der Waals surface area contributed by atoms with Gasteiger partial charge in [0.05, 0.1) is 0 Å². The molecule has 1 spiro atoms. The largest absolute Gasteiger partial charge is 0.326 e. The predicted molar refractivity (Wildman–Crippen MR) is 104 cm³/mol. The third-order valence-electron chi connectivity index (χ3n) is 4.64. The first-order valence-corrected chi connectivity index (χ1v) is 11.2. The second-order valence-electron chi connectivity index (χ2n) is 6.29. The lowest BCUT2D eigenvalue weighted by Crippen LogP contribution is -2.52. The number of thiophene rings is 1. The summed E-state index contributed by atoms with van der Waals surface area (Å²) in [6.45, 7) is 0.662. The molecule has 2 aliphatic rings. The topological polar surface area (TPSA) is 78.8 Å². The van der Waals surface area contributed by atoms with Gasteiger partial charge in [-0.15, -0.1) is 11.3 Å². The Morgan fingerprint density at radius 2 is 1.85 bits per heavy atom. The van der Waals surface area contributed by atoms with Gasteiger partial charge in [-0.2, -0.15) is 4.31 Å². The van der Waals surface area contributed by atoms with Gasteiger partial charge < -0.3 is 5.32 Å². The van der Waals surface area contributed by atoms with Gasteiger partial charge in [-0.05, 0) is 23.6 Å². The van der Waals surface area contributed by atoms with Crippen LogP contribution < -0.4 is 5.32 Å². The molecule has 136 valence electrons. The number of carbonyl (C=O) groups excluding carboxylic acids is 1. The van der Waals surface area contributed by atoms with Crippen molar-refractivity contribution in [1.29, 1.82) is 0 Å². The van der Waals surface area contributed by atoms with E-state index in [1.165, 1.54) is 15.6 Å². The molecular weight excluding hydrogens is 438 g/mol. The van der Waals surface area contributed by atoms with Crippen molar-refractivity contribution >= 4 is 48.9 Å².